The molecule has 4 aromatic rings. The minimum absolute atomic E-state index is 0.679. The molecule has 0 aliphatic carbocycles. The summed E-state index contributed by atoms with van der Waals surface area (Å²) in [5.74, 6) is 2.32. The molecule has 0 saturated heterocycles. The van der Waals surface area contributed by atoms with Crippen molar-refractivity contribution in [1.82, 2.24) is 19.5 Å². The van der Waals surface area contributed by atoms with Gasteiger partial charge in [-0.25, -0.2) is 15.0 Å². The van der Waals surface area contributed by atoms with Gasteiger partial charge >= 0.3 is 0 Å². The molecule has 6 nitrogen and oxygen atoms in total. The highest BCUT2D eigenvalue weighted by atomic mass is 16.5. The van der Waals surface area contributed by atoms with Gasteiger partial charge in [-0.2, -0.15) is 0 Å². The quantitative estimate of drug-likeness (QED) is 0.557. The molecule has 126 valence electrons. The first-order valence-corrected chi connectivity index (χ1v) is 8.17. The van der Waals surface area contributed by atoms with Crippen LogP contribution < -0.4 is 4.74 Å². The van der Waals surface area contributed by atoms with Crippen LogP contribution in [0, 0.1) is 0 Å². The summed E-state index contributed by atoms with van der Waals surface area (Å²) in [5, 5.41) is 0. The number of imidazole rings is 1. The van der Waals surface area contributed by atoms with Gasteiger partial charge in [0.1, 0.15) is 22.8 Å². The summed E-state index contributed by atoms with van der Waals surface area (Å²) < 4.78 is 12.8. The summed E-state index contributed by atoms with van der Waals surface area (Å²) in [7, 11) is 1.66. The van der Waals surface area contributed by atoms with Gasteiger partial charge < -0.3 is 13.7 Å². The van der Waals surface area contributed by atoms with Crippen molar-refractivity contribution >= 4 is 11.2 Å². The Balaban J connectivity index is 1.78. The molecule has 1 aromatic carbocycles. The molecule has 0 saturated carbocycles. The standard InChI is InChI=1S/C19H18N4O2/c1-3-16-21-17(15-5-4-10-25-15)18-19(22-16)23(12-20-18)11-13-6-8-14(24-2)9-7-13/h4-10,12H,3,11H2,1-2H3. The van der Waals surface area contributed by atoms with Gasteiger partial charge in [0, 0.05) is 6.42 Å². The second kappa shape index (κ2) is 6.39. The Morgan fingerprint density at radius 2 is 1.96 bits per heavy atom. The van der Waals surface area contributed by atoms with Gasteiger partial charge in [0.05, 0.1) is 26.2 Å². The van der Waals surface area contributed by atoms with Crippen molar-refractivity contribution in [2.75, 3.05) is 7.11 Å². The molecule has 0 fully saturated rings. The van der Waals surface area contributed by atoms with E-state index in [1.165, 1.54) is 0 Å². The Morgan fingerprint density at radius 3 is 2.64 bits per heavy atom. The molecule has 0 bridgehead atoms. The molecule has 3 heterocycles. The zero-order valence-corrected chi connectivity index (χ0v) is 14.1. The third kappa shape index (κ3) is 2.87. The van der Waals surface area contributed by atoms with E-state index in [0.29, 0.717) is 12.3 Å². The summed E-state index contributed by atoms with van der Waals surface area (Å²) in [5.41, 5.74) is 3.45. The number of furan rings is 1. The summed E-state index contributed by atoms with van der Waals surface area (Å²) in [6, 6.07) is 11.7. The van der Waals surface area contributed by atoms with Gasteiger partial charge in [-0.15, -0.1) is 0 Å². The predicted octanol–water partition coefficient (Wildman–Crippen LogP) is 3.71. The van der Waals surface area contributed by atoms with E-state index in [0.717, 1.165) is 40.4 Å². The first kappa shape index (κ1) is 15.4. The minimum Gasteiger partial charge on any atom is -0.497 e. The predicted molar refractivity (Wildman–Crippen MR) is 94.5 cm³/mol. The maximum absolute atomic E-state index is 5.53. The molecule has 25 heavy (non-hydrogen) atoms. The van der Waals surface area contributed by atoms with Crippen LogP contribution in [0.3, 0.4) is 0 Å². The molecular formula is C19H18N4O2. The lowest BCUT2D eigenvalue weighted by atomic mass is 10.2. The van der Waals surface area contributed by atoms with Gasteiger partial charge in [0.25, 0.3) is 0 Å². The fourth-order valence-electron chi connectivity index (χ4n) is 2.78. The van der Waals surface area contributed by atoms with Crippen molar-refractivity contribution in [3.8, 4) is 17.2 Å². The lowest BCUT2D eigenvalue weighted by molar-refractivity contribution is 0.414. The third-order valence-corrected chi connectivity index (χ3v) is 4.09. The fourth-order valence-corrected chi connectivity index (χ4v) is 2.78. The number of aryl methyl sites for hydroxylation is 1. The van der Waals surface area contributed by atoms with E-state index < -0.39 is 0 Å². The van der Waals surface area contributed by atoms with Crippen LogP contribution in [0.1, 0.15) is 18.3 Å². The highest BCUT2D eigenvalue weighted by molar-refractivity contribution is 5.85. The molecule has 4 rings (SSSR count). The van der Waals surface area contributed by atoms with E-state index >= 15 is 0 Å². The maximum Gasteiger partial charge on any atom is 0.164 e. The molecule has 6 heteroatoms. The van der Waals surface area contributed by atoms with Crippen molar-refractivity contribution < 1.29 is 9.15 Å². The molecule has 0 aliphatic heterocycles. The number of methoxy groups -OCH3 is 1. The van der Waals surface area contributed by atoms with E-state index in [4.69, 9.17) is 9.15 Å². The Hall–Kier alpha value is -3.15. The van der Waals surface area contributed by atoms with Crippen molar-refractivity contribution in [2.45, 2.75) is 19.9 Å². The Kier molecular flexibility index (Phi) is 3.93. The Labute approximate surface area is 145 Å². The van der Waals surface area contributed by atoms with Crippen LogP contribution in [0.5, 0.6) is 5.75 Å². The minimum atomic E-state index is 0.679. The van der Waals surface area contributed by atoms with Gasteiger partial charge in [0.2, 0.25) is 0 Å². The molecule has 0 atom stereocenters. The lowest BCUT2D eigenvalue weighted by Gasteiger charge is -2.07. The van der Waals surface area contributed by atoms with Gasteiger partial charge in [-0.3, -0.25) is 0 Å². The first-order chi connectivity index (χ1) is 12.3. The van der Waals surface area contributed by atoms with Crippen molar-refractivity contribution in [2.24, 2.45) is 0 Å². The second-order valence-electron chi connectivity index (χ2n) is 5.71. The number of hydrogen-bond donors (Lipinski definition) is 0. The second-order valence-corrected chi connectivity index (χ2v) is 5.71. The lowest BCUT2D eigenvalue weighted by Crippen LogP contribution is -2.03. The van der Waals surface area contributed by atoms with Gasteiger partial charge in [0.15, 0.2) is 11.4 Å². The molecule has 0 amide bonds. The van der Waals surface area contributed by atoms with Crippen LogP contribution in [0.25, 0.3) is 22.6 Å². The van der Waals surface area contributed by atoms with E-state index in [-0.39, 0.29) is 0 Å². The SMILES string of the molecule is CCc1nc(-c2ccco2)c2ncn(Cc3ccc(OC)cc3)c2n1. The largest absolute Gasteiger partial charge is 0.497 e. The maximum atomic E-state index is 5.53. The number of nitrogens with zero attached hydrogens (tertiary/aromatic N) is 4. The van der Waals surface area contributed by atoms with E-state index in [1.807, 2.05) is 47.9 Å². The zero-order valence-electron chi connectivity index (χ0n) is 14.1. The zero-order chi connectivity index (χ0) is 17.2. The smallest absolute Gasteiger partial charge is 0.164 e. The molecular weight excluding hydrogens is 316 g/mol. The summed E-state index contributed by atoms with van der Waals surface area (Å²) in [4.78, 5) is 13.8. The molecule has 0 radical (unpaired) electrons. The molecule has 0 aliphatic rings. The monoisotopic (exact) mass is 334 g/mol. The molecule has 0 spiro atoms. The van der Waals surface area contributed by atoms with Crippen molar-refractivity contribution in [3.63, 3.8) is 0 Å². The van der Waals surface area contributed by atoms with Crippen LogP contribution in [0.4, 0.5) is 0 Å². The van der Waals surface area contributed by atoms with E-state index in [1.54, 1.807) is 19.7 Å². The number of fused-ring (bicyclic) bond motifs is 1. The highest BCUT2D eigenvalue weighted by Gasteiger charge is 2.16. The van der Waals surface area contributed by atoms with Crippen LogP contribution in [-0.4, -0.2) is 26.6 Å². The summed E-state index contributed by atoms with van der Waals surface area (Å²) in [6.07, 6.45) is 4.19. The molecule has 3 aromatic heterocycles. The van der Waals surface area contributed by atoms with Crippen molar-refractivity contribution in [1.29, 1.82) is 0 Å². The Morgan fingerprint density at radius 1 is 1.12 bits per heavy atom. The van der Waals surface area contributed by atoms with E-state index in [2.05, 4.69) is 15.0 Å². The molecule has 0 unspecified atom stereocenters. The van der Waals surface area contributed by atoms with Crippen LogP contribution >= 0.6 is 0 Å². The molecule has 0 N–H and O–H groups in total. The number of rotatable bonds is 5. The van der Waals surface area contributed by atoms with Crippen LogP contribution in [-0.2, 0) is 13.0 Å². The number of hydrogen-bond acceptors (Lipinski definition) is 5. The van der Waals surface area contributed by atoms with Crippen LogP contribution in [0.2, 0.25) is 0 Å². The average Bonchev–Trinajstić information content (AvgIpc) is 3.32. The highest BCUT2D eigenvalue weighted by Crippen LogP contribution is 2.26. The number of benzene rings is 1. The van der Waals surface area contributed by atoms with E-state index in [9.17, 15) is 0 Å². The number of ether oxygens (including phenoxy) is 1. The first-order valence-electron chi connectivity index (χ1n) is 8.17. The average molecular weight is 334 g/mol. The number of aromatic nitrogens is 4. The summed E-state index contributed by atoms with van der Waals surface area (Å²) >= 11 is 0. The Bertz CT molecular complexity index is 988. The van der Waals surface area contributed by atoms with Crippen molar-refractivity contribution in [3.05, 3.63) is 60.4 Å². The topological polar surface area (TPSA) is 66.0 Å². The summed E-state index contributed by atoms with van der Waals surface area (Å²) in [6.45, 7) is 2.72. The van der Waals surface area contributed by atoms with Gasteiger partial charge in [-0.1, -0.05) is 19.1 Å². The van der Waals surface area contributed by atoms with Gasteiger partial charge in [-0.05, 0) is 29.8 Å². The fraction of sp³-hybridized carbons (Fsp3) is 0.211. The third-order valence-electron chi connectivity index (χ3n) is 4.09. The normalized spacial score (nSPS) is 11.1. The van der Waals surface area contributed by atoms with Crippen LogP contribution in [0.15, 0.2) is 53.4 Å².